The van der Waals surface area contributed by atoms with Crippen molar-refractivity contribution in [1.29, 1.82) is 0 Å². The Kier molecular flexibility index (Phi) is 6.25. The SMILES string of the molecule is O=C(Nc1ccccc1[N+](=O)[O-])c1ccc(CNCc2ccc(F)c(F)c2)cc1. The number of rotatable bonds is 7. The maximum Gasteiger partial charge on any atom is 0.292 e. The Morgan fingerprint density at radius 2 is 1.55 bits per heavy atom. The molecule has 148 valence electrons. The molecule has 0 saturated carbocycles. The van der Waals surface area contributed by atoms with Gasteiger partial charge in [-0.05, 0) is 41.5 Å². The fraction of sp³-hybridized carbons (Fsp3) is 0.0952. The van der Waals surface area contributed by atoms with Gasteiger partial charge in [0.2, 0.25) is 0 Å². The Morgan fingerprint density at radius 1 is 0.897 bits per heavy atom. The number of nitro benzene ring substituents is 1. The fourth-order valence-corrected chi connectivity index (χ4v) is 2.71. The van der Waals surface area contributed by atoms with Crippen molar-refractivity contribution in [3.05, 3.63) is 105 Å². The molecule has 0 saturated heterocycles. The summed E-state index contributed by atoms with van der Waals surface area (Å²) in [6, 6.07) is 16.3. The lowest BCUT2D eigenvalue weighted by Crippen LogP contribution is -2.15. The van der Waals surface area contributed by atoms with E-state index in [4.69, 9.17) is 0 Å². The lowest BCUT2D eigenvalue weighted by Gasteiger charge is -2.08. The highest BCUT2D eigenvalue weighted by Crippen LogP contribution is 2.23. The normalized spacial score (nSPS) is 10.6. The van der Waals surface area contributed by atoms with E-state index in [0.717, 1.165) is 17.7 Å². The summed E-state index contributed by atoms with van der Waals surface area (Å²) < 4.78 is 26.1. The lowest BCUT2D eigenvalue weighted by molar-refractivity contribution is -0.383. The van der Waals surface area contributed by atoms with Gasteiger partial charge >= 0.3 is 0 Å². The summed E-state index contributed by atoms with van der Waals surface area (Å²) in [6.07, 6.45) is 0. The van der Waals surface area contributed by atoms with Gasteiger partial charge in [-0.1, -0.05) is 30.3 Å². The second kappa shape index (κ2) is 9.03. The molecule has 3 rings (SSSR count). The number of hydrogen-bond acceptors (Lipinski definition) is 4. The van der Waals surface area contributed by atoms with Crippen molar-refractivity contribution >= 4 is 17.3 Å². The zero-order valence-corrected chi connectivity index (χ0v) is 15.2. The molecule has 0 fully saturated rings. The molecule has 0 aliphatic heterocycles. The number of hydrogen-bond donors (Lipinski definition) is 2. The number of carbonyl (C=O) groups is 1. The number of halogens is 2. The monoisotopic (exact) mass is 397 g/mol. The van der Waals surface area contributed by atoms with Gasteiger partial charge in [0, 0.05) is 24.7 Å². The number of nitro groups is 1. The van der Waals surface area contributed by atoms with Gasteiger partial charge in [-0.25, -0.2) is 8.78 Å². The zero-order chi connectivity index (χ0) is 20.8. The topological polar surface area (TPSA) is 84.3 Å². The third kappa shape index (κ3) is 5.20. The summed E-state index contributed by atoms with van der Waals surface area (Å²) in [5, 5.41) is 16.7. The molecule has 0 bridgehead atoms. The molecule has 0 aliphatic carbocycles. The smallest absolute Gasteiger partial charge is 0.292 e. The van der Waals surface area contributed by atoms with E-state index in [1.165, 1.54) is 24.3 Å². The van der Waals surface area contributed by atoms with E-state index in [1.54, 1.807) is 30.3 Å². The van der Waals surface area contributed by atoms with E-state index in [2.05, 4.69) is 10.6 Å². The molecule has 0 spiro atoms. The molecule has 2 N–H and O–H groups in total. The molecule has 29 heavy (non-hydrogen) atoms. The quantitative estimate of drug-likeness (QED) is 0.457. The van der Waals surface area contributed by atoms with Crippen LogP contribution >= 0.6 is 0 Å². The molecular formula is C21H17F2N3O3. The molecule has 0 radical (unpaired) electrons. The van der Waals surface area contributed by atoms with Crippen LogP contribution in [0.15, 0.2) is 66.7 Å². The summed E-state index contributed by atoms with van der Waals surface area (Å²) in [5.41, 5.74) is 1.80. The first-order valence-electron chi connectivity index (χ1n) is 8.72. The first kappa shape index (κ1) is 20.1. The average molecular weight is 397 g/mol. The van der Waals surface area contributed by atoms with Crippen molar-refractivity contribution in [3.63, 3.8) is 0 Å². The number of nitrogens with zero attached hydrogens (tertiary/aromatic N) is 1. The van der Waals surface area contributed by atoms with Gasteiger partial charge in [0.05, 0.1) is 4.92 Å². The van der Waals surface area contributed by atoms with Crippen molar-refractivity contribution in [2.24, 2.45) is 0 Å². The maximum absolute atomic E-state index is 13.2. The number of anilines is 1. The van der Waals surface area contributed by atoms with E-state index in [1.807, 2.05) is 0 Å². The lowest BCUT2D eigenvalue weighted by atomic mass is 10.1. The van der Waals surface area contributed by atoms with Crippen molar-refractivity contribution in [2.75, 3.05) is 5.32 Å². The number of carbonyl (C=O) groups excluding carboxylic acids is 1. The van der Waals surface area contributed by atoms with Crippen LogP contribution in [0, 0.1) is 21.7 Å². The molecule has 0 aliphatic rings. The van der Waals surface area contributed by atoms with Crippen molar-refractivity contribution < 1.29 is 18.5 Å². The predicted octanol–water partition coefficient (Wildman–Crippen LogP) is 4.42. The largest absolute Gasteiger partial charge is 0.316 e. The second-order valence-corrected chi connectivity index (χ2v) is 6.28. The summed E-state index contributed by atoms with van der Waals surface area (Å²) in [7, 11) is 0. The number of benzene rings is 3. The van der Waals surface area contributed by atoms with Crippen LogP contribution in [0.1, 0.15) is 21.5 Å². The molecule has 0 heterocycles. The summed E-state index contributed by atoms with van der Waals surface area (Å²) >= 11 is 0. The van der Waals surface area contributed by atoms with E-state index < -0.39 is 22.5 Å². The summed E-state index contributed by atoms with van der Waals surface area (Å²) in [4.78, 5) is 22.8. The minimum absolute atomic E-state index is 0.125. The van der Waals surface area contributed by atoms with Crippen LogP contribution < -0.4 is 10.6 Å². The van der Waals surface area contributed by atoms with Crippen LogP contribution in [0.4, 0.5) is 20.2 Å². The second-order valence-electron chi connectivity index (χ2n) is 6.28. The number of amides is 1. The predicted molar refractivity (Wildman–Crippen MR) is 104 cm³/mol. The van der Waals surface area contributed by atoms with Crippen molar-refractivity contribution in [1.82, 2.24) is 5.32 Å². The molecular weight excluding hydrogens is 380 g/mol. The fourth-order valence-electron chi connectivity index (χ4n) is 2.71. The molecule has 1 amide bonds. The first-order valence-corrected chi connectivity index (χ1v) is 8.72. The van der Waals surface area contributed by atoms with E-state index in [0.29, 0.717) is 24.2 Å². The van der Waals surface area contributed by atoms with E-state index in [9.17, 15) is 23.7 Å². The molecule has 8 heteroatoms. The summed E-state index contributed by atoms with van der Waals surface area (Å²) in [6.45, 7) is 0.822. The van der Waals surface area contributed by atoms with Crippen LogP contribution in [0.2, 0.25) is 0 Å². The van der Waals surface area contributed by atoms with E-state index in [-0.39, 0.29) is 11.4 Å². The number of para-hydroxylation sites is 2. The van der Waals surface area contributed by atoms with Crippen LogP contribution in [0.3, 0.4) is 0 Å². The Balaban J connectivity index is 1.57. The Morgan fingerprint density at radius 3 is 2.24 bits per heavy atom. The summed E-state index contributed by atoms with van der Waals surface area (Å²) in [5.74, 6) is -2.23. The first-order chi connectivity index (χ1) is 13.9. The standard InChI is InChI=1S/C21H17F2N3O3/c22-17-10-7-15(11-18(17)23)13-24-12-14-5-8-16(9-6-14)21(27)25-19-3-1-2-4-20(19)26(28)29/h1-11,24H,12-13H2,(H,25,27). The minimum Gasteiger partial charge on any atom is -0.316 e. The van der Waals surface area contributed by atoms with Crippen molar-refractivity contribution in [2.45, 2.75) is 13.1 Å². The molecule has 0 unspecified atom stereocenters. The number of nitrogens with one attached hydrogen (secondary N) is 2. The van der Waals surface area contributed by atoms with Gasteiger partial charge in [-0.15, -0.1) is 0 Å². The highest BCUT2D eigenvalue weighted by Gasteiger charge is 2.15. The molecule has 0 atom stereocenters. The van der Waals surface area contributed by atoms with Gasteiger partial charge in [-0.2, -0.15) is 0 Å². The van der Waals surface area contributed by atoms with Crippen LogP contribution in [-0.2, 0) is 13.1 Å². The highest BCUT2D eigenvalue weighted by molar-refractivity contribution is 6.05. The van der Waals surface area contributed by atoms with Gasteiger partial charge in [0.1, 0.15) is 5.69 Å². The molecule has 0 aromatic heterocycles. The van der Waals surface area contributed by atoms with Crippen molar-refractivity contribution in [3.8, 4) is 0 Å². The van der Waals surface area contributed by atoms with Gasteiger partial charge in [0.25, 0.3) is 11.6 Å². The van der Waals surface area contributed by atoms with Gasteiger partial charge < -0.3 is 10.6 Å². The third-order valence-corrected chi connectivity index (χ3v) is 4.21. The van der Waals surface area contributed by atoms with Crippen LogP contribution in [-0.4, -0.2) is 10.8 Å². The van der Waals surface area contributed by atoms with Gasteiger partial charge in [-0.3, -0.25) is 14.9 Å². The highest BCUT2D eigenvalue weighted by atomic mass is 19.2. The Bertz CT molecular complexity index is 1040. The maximum atomic E-state index is 13.2. The Hall–Kier alpha value is -3.65. The third-order valence-electron chi connectivity index (χ3n) is 4.21. The van der Waals surface area contributed by atoms with Gasteiger partial charge in [0.15, 0.2) is 11.6 Å². The zero-order valence-electron chi connectivity index (χ0n) is 15.2. The minimum atomic E-state index is -0.890. The Labute approximate surface area is 165 Å². The average Bonchev–Trinajstić information content (AvgIpc) is 2.71. The van der Waals surface area contributed by atoms with Crippen LogP contribution in [0.25, 0.3) is 0 Å². The molecule has 3 aromatic rings. The van der Waals surface area contributed by atoms with E-state index >= 15 is 0 Å². The molecule has 6 nitrogen and oxygen atoms in total. The molecule has 3 aromatic carbocycles. The van der Waals surface area contributed by atoms with Crippen LogP contribution in [0.5, 0.6) is 0 Å².